The second-order valence-corrected chi connectivity index (χ2v) is 9.18. The van der Waals surface area contributed by atoms with Gasteiger partial charge < -0.3 is 4.74 Å². The number of nitrogens with zero attached hydrogens (tertiary/aromatic N) is 2. The fraction of sp³-hybridized carbons (Fsp3) is 0.263. The van der Waals surface area contributed by atoms with Gasteiger partial charge in [-0.1, -0.05) is 12.1 Å². The highest BCUT2D eigenvalue weighted by molar-refractivity contribution is 9.10. The second kappa shape index (κ2) is 8.11. The fourth-order valence-corrected chi connectivity index (χ4v) is 3.31. The van der Waals surface area contributed by atoms with E-state index in [0.717, 1.165) is 0 Å². The largest absolute Gasteiger partial charge is 0.496 e. The summed E-state index contributed by atoms with van der Waals surface area (Å²) >= 11 is 3.41. The zero-order valence-electron chi connectivity index (χ0n) is 14.8. The van der Waals surface area contributed by atoms with Crippen LogP contribution in [0, 0.1) is 17.1 Å². The lowest BCUT2D eigenvalue weighted by Crippen LogP contribution is -2.22. The Morgan fingerprint density at radius 2 is 2.00 bits per heavy atom. The number of nitriles is 1. The van der Waals surface area contributed by atoms with Gasteiger partial charge in [0.2, 0.25) is 0 Å². The maximum atomic E-state index is 14.1. The van der Waals surface area contributed by atoms with Crippen LogP contribution in [-0.2, 0) is 11.0 Å². The Bertz CT molecular complexity index is 930. The van der Waals surface area contributed by atoms with Gasteiger partial charge in [0.15, 0.2) is 0 Å². The van der Waals surface area contributed by atoms with Crippen molar-refractivity contribution in [3.63, 3.8) is 0 Å². The standard InChI is InChI=1S/C19H18BrFN2O2S/c1-19(2,3)26(24)23-18(12-8-9-17(25-4)15(20)10-12)13-6-5-7-16(21)14(13)11-22/h5-10H,1-4H3. The van der Waals surface area contributed by atoms with Crippen LogP contribution in [0.5, 0.6) is 5.75 Å². The summed E-state index contributed by atoms with van der Waals surface area (Å²) in [4.78, 5) is 0. The highest BCUT2D eigenvalue weighted by Crippen LogP contribution is 2.28. The van der Waals surface area contributed by atoms with Crippen molar-refractivity contribution in [2.75, 3.05) is 7.11 Å². The molecule has 0 aliphatic rings. The first-order valence-corrected chi connectivity index (χ1v) is 9.62. The molecule has 0 aromatic heterocycles. The van der Waals surface area contributed by atoms with Crippen molar-refractivity contribution in [3.8, 4) is 11.8 Å². The second-order valence-electron chi connectivity index (χ2n) is 6.42. The molecule has 1 unspecified atom stereocenters. The van der Waals surface area contributed by atoms with Gasteiger partial charge in [-0.2, -0.15) is 9.66 Å². The van der Waals surface area contributed by atoms with E-state index in [0.29, 0.717) is 21.3 Å². The van der Waals surface area contributed by atoms with Crippen LogP contribution < -0.4 is 4.74 Å². The van der Waals surface area contributed by atoms with E-state index in [1.165, 1.54) is 12.1 Å². The Kier molecular flexibility index (Phi) is 6.32. The number of halogens is 2. The van der Waals surface area contributed by atoms with Crippen molar-refractivity contribution in [3.05, 3.63) is 63.4 Å². The van der Waals surface area contributed by atoms with Gasteiger partial charge in [0.1, 0.15) is 28.6 Å². The molecule has 0 fully saturated rings. The number of methoxy groups -OCH3 is 1. The van der Waals surface area contributed by atoms with Gasteiger partial charge in [-0.3, -0.25) is 0 Å². The first-order valence-electron chi connectivity index (χ1n) is 7.72. The lowest BCUT2D eigenvalue weighted by atomic mass is 9.98. The molecule has 2 aromatic carbocycles. The van der Waals surface area contributed by atoms with E-state index in [1.54, 1.807) is 52.1 Å². The van der Waals surface area contributed by atoms with Gasteiger partial charge in [0.05, 0.1) is 27.6 Å². The van der Waals surface area contributed by atoms with Crippen LogP contribution in [0.25, 0.3) is 0 Å². The Morgan fingerprint density at radius 1 is 1.31 bits per heavy atom. The molecule has 0 spiro atoms. The van der Waals surface area contributed by atoms with E-state index in [2.05, 4.69) is 20.3 Å². The molecule has 2 rings (SSSR count). The van der Waals surface area contributed by atoms with E-state index >= 15 is 0 Å². The first-order chi connectivity index (χ1) is 12.2. The minimum Gasteiger partial charge on any atom is -0.496 e. The molecule has 0 saturated carbocycles. The average Bonchev–Trinajstić information content (AvgIpc) is 2.58. The molecular weight excluding hydrogens is 419 g/mol. The molecule has 136 valence electrons. The summed E-state index contributed by atoms with van der Waals surface area (Å²) in [6, 6.07) is 11.4. The van der Waals surface area contributed by atoms with E-state index < -0.39 is 21.5 Å². The maximum Gasteiger partial charge on any atom is 0.145 e. The van der Waals surface area contributed by atoms with Gasteiger partial charge in [0.25, 0.3) is 0 Å². The molecule has 0 aliphatic carbocycles. The zero-order chi connectivity index (χ0) is 19.5. The van der Waals surface area contributed by atoms with Crippen LogP contribution in [0.2, 0.25) is 0 Å². The Morgan fingerprint density at radius 3 is 2.54 bits per heavy atom. The molecule has 0 aliphatic heterocycles. The van der Waals surface area contributed by atoms with Crippen molar-refractivity contribution in [2.24, 2.45) is 4.40 Å². The van der Waals surface area contributed by atoms with Crippen molar-refractivity contribution < 1.29 is 13.3 Å². The van der Waals surface area contributed by atoms with Crippen LogP contribution in [0.3, 0.4) is 0 Å². The van der Waals surface area contributed by atoms with Gasteiger partial charge in [-0.05, 0) is 61.0 Å². The highest BCUT2D eigenvalue weighted by Gasteiger charge is 2.23. The summed E-state index contributed by atoms with van der Waals surface area (Å²) in [5, 5.41) is 9.38. The summed E-state index contributed by atoms with van der Waals surface area (Å²) < 4.78 is 36.4. The predicted molar refractivity (Wildman–Crippen MR) is 105 cm³/mol. The lowest BCUT2D eigenvalue weighted by molar-refractivity contribution is 0.412. The molecule has 0 N–H and O–H groups in total. The number of rotatable bonds is 4. The predicted octanol–water partition coefficient (Wildman–Crippen LogP) is 4.77. The number of benzene rings is 2. The van der Waals surface area contributed by atoms with Gasteiger partial charge in [-0.25, -0.2) is 8.60 Å². The molecule has 0 heterocycles. The van der Waals surface area contributed by atoms with Gasteiger partial charge >= 0.3 is 0 Å². The van der Waals surface area contributed by atoms with E-state index in [1.807, 2.05) is 6.07 Å². The summed E-state index contributed by atoms with van der Waals surface area (Å²) in [7, 11) is -0.0440. The lowest BCUT2D eigenvalue weighted by Gasteiger charge is -2.16. The molecule has 2 aromatic rings. The van der Waals surface area contributed by atoms with Crippen molar-refractivity contribution >= 4 is 32.6 Å². The van der Waals surface area contributed by atoms with E-state index in [4.69, 9.17) is 4.74 Å². The van der Waals surface area contributed by atoms with Crippen LogP contribution in [0.1, 0.15) is 37.5 Å². The van der Waals surface area contributed by atoms with Crippen LogP contribution in [0.15, 0.2) is 45.3 Å². The third-order valence-corrected chi connectivity index (χ3v) is 5.52. The SMILES string of the molecule is COc1ccc(C(=NS(=O)C(C)(C)C)c2cccc(F)c2C#N)cc1Br. The molecule has 0 amide bonds. The van der Waals surface area contributed by atoms with Crippen molar-refractivity contribution in [2.45, 2.75) is 25.5 Å². The minimum absolute atomic E-state index is 0.135. The smallest absolute Gasteiger partial charge is 0.145 e. The molecule has 1 atom stereocenters. The number of ether oxygens (including phenoxy) is 1. The maximum absolute atomic E-state index is 14.1. The van der Waals surface area contributed by atoms with E-state index in [9.17, 15) is 13.9 Å². The average molecular weight is 437 g/mol. The van der Waals surface area contributed by atoms with Crippen molar-refractivity contribution in [1.82, 2.24) is 0 Å². The third kappa shape index (κ3) is 4.37. The Labute approximate surface area is 163 Å². The van der Waals surface area contributed by atoms with Gasteiger partial charge in [0, 0.05) is 11.1 Å². The summed E-state index contributed by atoms with van der Waals surface area (Å²) in [5.41, 5.74) is 1.04. The molecular formula is C19H18BrFN2O2S. The topological polar surface area (TPSA) is 62.4 Å². The zero-order valence-corrected chi connectivity index (χ0v) is 17.2. The van der Waals surface area contributed by atoms with Crippen molar-refractivity contribution in [1.29, 1.82) is 5.26 Å². The summed E-state index contributed by atoms with van der Waals surface area (Å²) in [5.74, 6) is -0.0309. The molecule has 0 bridgehead atoms. The van der Waals surface area contributed by atoms with Crippen LogP contribution >= 0.6 is 15.9 Å². The summed E-state index contributed by atoms with van der Waals surface area (Å²) in [6.45, 7) is 5.39. The number of hydrogen-bond acceptors (Lipinski definition) is 3. The molecule has 7 heteroatoms. The summed E-state index contributed by atoms with van der Waals surface area (Å²) in [6.07, 6.45) is 0. The number of hydrogen-bond donors (Lipinski definition) is 0. The van der Waals surface area contributed by atoms with E-state index in [-0.39, 0.29) is 11.3 Å². The van der Waals surface area contributed by atoms with Gasteiger partial charge in [-0.15, -0.1) is 0 Å². The molecule has 4 nitrogen and oxygen atoms in total. The van der Waals surface area contributed by atoms with Crippen LogP contribution in [-0.4, -0.2) is 21.8 Å². The quantitative estimate of drug-likeness (QED) is 0.648. The molecule has 0 saturated heterocycles. The first kappa shape index (κ1) is 20.3. The fourth-order valence-electron chi connectivity index (χ4n) is 2.13. The monoisotopic (exact) mass is 436 g/mol. The molecule has 26 heavy (non-hydrogen) atoms. The van der Waals surface area contributed by atoms with Crippen LogP contribution in [0.4, 0.5) is 4.39 Å². The molecule has 0 radical (unpaired) electrons. The highest BCUT2D eigenvalue weighted by atomic mass is 79.9. The third-order valence-electron chi connectivity index (χ3n) is 3.50. The minimum atomic E-state index is -1.59. The Hall–Kier alpha value is -2.04. The normalized spacial score (nSPS) is 13.2. The Balaban J connectivity index is 2.75.